The minimum absolute atomic E-state index is 0.263. The number of rotatable bonds is 1. The molecule has 4 aliphatic rings. The van der Waals surface area contributed by atoms with E-state index in [0.29, 0.717) is 29.7 Å². The monoisotopic (exact) mass is 310 g/mol. The van der Waals surface area contributed by atoms with Gasteiger partial charge in [0, 0.05) is 41.7 Å². The Labute approximate surface area is 135 Å². The second kappa shape index (κ2) is 4.62. The molecule has 4 nitrogen and oxygen atoms in total. The molecule has 5 atom stereocenters. The number of nitrogens with zero attached hydrogens (tertiary/aromatic N) is 1. The fourth-order valence-corrected chi connectivity index (χ4v) is 5.35. The number of allylic oxidation sites excluding steroid dienone is 1. The lowest BCUT2D eigenvalue weighted by Gasteiger charge is -2.58. The number of piperidine rings is 3. The highest BCUT2D eigenvalue weighted by atomic mass is 16.3. The number of aliphatic hydroxyl groups excluding tert-OH is 1. The molecule has 1 aromatic carbocycles. The summed E-state index contributed by atoms with van der Waals surface area (Å²) in [5.41, 5.74) is 5.29. The number of aromatic nitrogens is 1. The Bertz CT molecular complexity index is 822. The number of nitrogens with one attached hydrogen (secondary N) is 1. The number of H-pyrrole nitrogens is 1. The number of aromatic hydroxyl groups is 1. The van der Waals surface area contributed by atoms with Crippen LogP contribution >= 0.6 is 0 Å². The standard InChI is InChI=1S/C19H22N2O2/c1-2-10-8-21-17-7-14-13-5-11(23)3-4-16(13)20-19(14)18(21)6-12(10)15(17)9-22/h2-5,12,15,17-18,20,22-23H,6-9H2,1H3/b10-2-/t12-,15+,17+,18+/m1/s1. The molecule has 1 aromatic heterocycles. The van der Waals surface area contributed by atoms with Crippen molar-refractivity contribution in [3.05, 3.63) is 41.1 Å². The summed E-state index contributed by atoms with van der Waals surface area (Å²) in [6, 6.07) is 6.44. The molecular formula is C19H22N2O2. The second-order valence-corrected chi connectivity index (χ2v) is 7.26. The van der Waals surface area contributed by atoms with Gasteiger partial charge in [0.05, 0.1) is 6.04 Å². The summed E-state index contributed by atoms with van der Waals surface area (Å²) in [6.45, 7) is 3.42. The number of benzene rings is 1. The molecule has 0 aliphatic carbocycles. The summed E-state index contributed by atoms with van der Waals surface area (Å²) < 4.78 is 0. The molecule has 6 rings (SSSR count). The highest BCUT2D eigenvalue weighted by Crippen LogP contribution is 2.54. The Morgan fingerprint density at radius 2 is 2.26 bits per heavy atom. The molecule has 3 N–H and O–H groups in total. The van der Waals surface area contributed by atoms with E-state index in [1.54, 1.807) is 6.07 Å². The van der Waals surface area contributed by atoms with E-state index in [1.165, 1.54) is 16.8 Å². The molecule has 4 bridgehead atoms. The molecule has 5 heterocycles. The Morgan fingerprint density at radius 1 is 1.39 bits per heavy atom. The van der Waals surface area contributed by atoms with Crippen molar-refractivity contribution in [2.45, 2.75) is 31.8 Å². The smallest absolute Gasteiger partial charge is 0.116 e. The van der Waals surface area contributed by atoms with Crippen LogP contribution < -0.4 is 0 Å². The number of phenols is 1. The summed E-state index contributed by atoms with van der Waals surface area (Å²) in [5, 5.41) is 21.0. The van der Waals surface area contributed by atoms with Gasteiger partial charge in [-0.25, -0.2) is 0 Å². The number of fused-ring (bicyclic) bond motifs is 4. The predicted molar refractivity (Wildman–Crippen MR) is 89.3 cm³/mol. The van der Waals surface area contributed by atoms with Crippen LogP contribution in [0.15, 0.2) is 29.8 Å². The molecule has 0 radical (unpaired) electrons. The SMILES string of the molecule is C/C=C1/CN2[C@H]3C[C@H]1[C@H](CO)[C@@H]2Cc1c3[nH]c2ccc(O)cc12. The summed E-state index contributed by atoms with van der Waals surface area (Å²) in [7, 11) is 0. The van der Waals surface area contributed by atoms with Gasteiger partial charge in [0.2, 0.25) is 0 Å². The lowest BCUT2D eigenvalue weighted by atomic mass is 9.64. The fourth-order valence-electron chi connectivity index (χ4n) is 5.35. The van der Waals surface area contributed by atoms with Gasteiger partial charge in [0.1, 0.15) is 5.75 Å². The van der Waals surface area contributed by atoms with E-state index < -0.39 is 0 Å². The summed E-state index contributed by atoms with van der Waals surface area (Å²) >= 11 is 0. The molecule has 2 aromatic rings. The average molecular weight is 310 g/mol. The van der Waals surface area contributed by atoms with Crippen molar-refractivity contribution >= 4 is 10.9 Å². The third-order valence-corrected chi connectivity index (χ3v) is 6.41. The summed E-state index contributed by atoms with van der Waals surface area (Å²) in [5.74, 6) is 1.17. The molecule has 23 heavy (non-hydrogen) atoms. The van der Waals surface area contributed by atoms with Crippen LogP contribution in [0.1, 0.15) is 30.6 Å². The van der Waals surface area contributed by atoms with Crippen molar-refractivity contribution in [3.63, 3.8) is 0 Å². The van der Waals surface area contributed by atoms with Crippen molar-refractivity contribution in [1.29, 1.82) is 0 Å². The average Bonchev–Trinajstić information content (AvgIpc) is 2.92. The maximum absolute atomic E-state index is 9.99. The van der Waals surface area contributed by atoms with E-state index in [1.807, 2.05) is 12.1 Å². The minimum Gasteiger partial charge on any atom is -0.508 e. The van der Waals surface area contributed by atoms with E-state index in [0.717, 1.165) is 30.3 Å². The topological polar surface area (TPSA) is 59.5 Å². The number of aliphatic hydroxyl groups is 1. The summed E-state index contributed by atoms with van der Waals surface area (Å²) in [4.78, 5) is 6.21. The lowest BCUT2D eigenvalue weighted by Crippen LogP contribution is -2.60. The quantitative estimate of drug-likeness (QED) is 0.710. The van der Waals surface area contributed by atoms with Crippen molar-refractivity contribution < 1.29 is 10.2 Å². The molecule has 4 aliphatic heterocycles. The zero-order valence-electron chi connectivity index (χ0n) is 13.3. The largest absolute Gasteiger partial charge is 0.508 e. The molecule has 120 valence electrons. The number of aromatic amines is 1. The maximum atomic E-state index is 9.99. The number of hydrogen-bond donors (Lipinski definition) is 3. The molecule has 0 amide bonds. The van der Waals surface area contributed by atoms with E-state index in [-0.39, 0.29) is 6.61 Å². The first-order chi connectivity index (χ1) is 11.2. The first kappa shape index (κ1) is 13.6. The van der Waals surface area contributed by atoms with Gasteiger partial charge < -0.3 is 15.2 Å². The zero-order chi connectivity index (χ0) is 15.7. The van der Waals surface area contributed by atoms with E-state index >= 15 is 0 Å². The van der Waals surface area contributed by atoms with Crippen molar-refractivity contribution in [1.82, 2.24) is 9.88 Å². The lowest BCUT2D eigenvalue weighted by molar-refractivity contribution is -0.0503. The predicted octanol–water partition coefficient (Wildman–Crippen LogP) is 2.73. The van der Waals surface area contributed by atoms with Gasteiger partial charge in [-0.2, -0.15) is 0 Å². The fraction of sp³-hybridized carbons (Fsp3) is 0.474. The molecule has 4 heteroatoms. The molecule has 0 spiro atoms. The van der Waals surface area contributed by atoms with Gasteiger partial charge in [0.25, 0.3) is 0 Å². The van der Waals surface area contributed by atoms with Crippen molar-refractivity contribution in [3.8, 4) is 5.75 Å². The first-order valence-corrected chi connectivity index (χ1v) is 8.56. The summed E-state index contributed by atoms with van der Waals surface area (Å²) in [6.07, 6.45) is 4.31. The molecule has 3 fully saturated rings. The Balaban J connectivity index is 1.68. The van der Waals surface area contributed by atoms with Gasteiger partial charge in [-0.1, -0.05) is 11.6 Å². The van der Waals surface area contributed by atoms with Crippen LogP contribution in [0.2, 0.25) is 0 Å². The van der Waals surface area contributed by atoms with Crippen LogP contribution in [-0.2, 0) is 6.42 Å². The van der Waals surface area contributed by atoms with Crippen LogP contribution in [0.25, 0.3) is 10.9 Å². The molecule has 1 unspecified atom stereocenters. The third kappa shape index (κ3) is 1.68. The maximum Gasteiger partial charge on any atom is 0.116 e. The zero-order valence-corrected chi connectivity index (χ0v) is 13.3. The van der Waals surface area contributed by atoms with Crippen LogP contribution in [0.4, 0.5) is 0 Å². The molecule has 3 saturated heterocycles. The van der Waals surface area contributed by atoms with Crippen molar-refractivity contribution in [2.75, 3.05) is 13.2 Å². The first-order valence-electron chi connectivity index (χ1n) is 8.56. The Hall–Kier alpha value is -1.78. The molecular weight excluding hydrogens is 288 g/mol. The van der Waals surface area contributed by atoms with Crippen LogP contribution in [0.3, 0.4) is 0 Å². The minimum atomic E-state index is 0.263. The second-order valence-electron chi connectivity index (χ2n) is 7.26. The van der Waals surface area contributed by atoms with Crippen LogP contribution in [-0.4, -0.2) is 39.3 Å². The highest BCUT2D eigenvalue weighted by molar-refractivity contribution is 5.86. The van der Waals surface area contributed by atoms with Gasteiger partial charge in [-0.3, -0.25) is 4.90 Å². The van der Waals surface area contributed by atoms with Gasteiger partial charge >= 0.3 is 0 Å². The van der Waals surface area contributed by atoms with Gasteiger partial charge in [0.15, 0.2) is 0 Å². The van der Waals surface area contributed by atoms with Crippen LogP contribution in [0, 0.1) is 11.8 Å². The Kier molecular flexibility index (Phi) is 2.74. The van der Waals surface area contributed by atoms with E-state index in [4.69, 9.17) is 0 Å². The number of hydrogen-bond acceptors (Lipinski definition) is 3. The molecule has 0 saturated carbocycles. The highest BCUT2D eigenvalue weighted by Gasteiger charge is 2.52. The third-order valence-electron chi connectivity index (χ3n) is 6.41. The normalized spacial score (nSPS) is 36.6. The van der Waals surface area contributed by atoms with Gasteiger partial charge in [-0.05, 0) is 49.4 Å². The van der Waals surface area contributed by atoms with Crippen molar-refractivity contribution in [2.24, 2.45) is 11.8 Å². The number of phenolic OH excluding ortho intramolecular Hbond substituents is 1. The Morgan fingerprint density at radius 3 is 3.04 bits per heavy atom. The van der Waals surface area contributed by atoms with E-state index in [9.17, 15) is 10.2 Å². The van der Waals surface area contributed by atoms with Crippen LogP contribution in [0.5, 0.6) is 5.75 Å². The van der Waals surface area contributed by atoms with E-state index in [2.05, 4.69) is 22.9 Å². The van der Waals surface area contributed by atoms with Gasteiger partial charge in [-0.15, -0.1) is 0 Å².